The number of aromatic nitrogens is 3. The molecule has 0 radical (unpaired) electrons. The van der Waals surface area contributed by atoms with Gasteiger partial charge in [0.05, 0.1) is 0 Å². The van der Waals surface area contributed by atoms with Crippen molar-refractivity contribution in [2.45, 2.75) is 0 Å². The first kappa shape index (κ1) is 26.5. The second-order valence-electron chi connectivity index (χ2n) is 11.7. The molecule has 0 aliphatic heterocycles. The van der Waals surface area contributed by atoms with Crippen LogP contribution in [0.5, 0.6) is 0 Å². The molecule has 0 spiro atoms. The Morgan fingerprint density at radius 1 is 0.511 bits per heavy atom. The fourth-order valence-electron chi connectivity index (χ4n) is 6.79. The number of rotatable bonds is 5. The molecule has 47 heavy (non-hydrogen) atoms. The highest BCUT2D eigenvalue weighted by molar-refractivity contribution is 7.29. The maximum atomic E-state index is 6.63. The lowest BCUT2D eigenvalue weighted by molar-refractivity contribution is 0.669. The van der Waals surface area contributed by atoms with E-state index in [4.69, 9.17) is 19.4 Å². The first-order valence-corrected chi connectivity index (χ1v) is 17.0. The summed E-state index contributed by atoms with van der Waals surface area (Å²) in [6, 6.07) is 35.9. The summed E-state index contributed by atoms with van der Waals surface area (Å²) in [7, 11) is 0. The molecule has 10 rings (SSSR count). The molecule has 220 valence electrons. The zero-order valence-corrected chi connectivity index (χ0v) is 26.6. The van der Waals surface area contributed by atoms with E-state index in [-0.39, 0.29) is 0 Å². The van der Waals surface area contributed by atoms with E-state index in [2.05, 4.69) is 79.9 Å². The van der Waals surface area contributed by atoms with Crippen LogP contribution in [0.1, 0.15) is 11.1 Å². The summed E-state index contributed by atoms with van der Waals surface area (Å²) in [6.45, 7) is 7.92. The third-order valence-corrected chi connectivity index (χ3v) is 11.2. The SMILES string of the molecule is C=Cc1cccc(-c2nc(-c3cccc(C=C)c3)nc(-c3cc4oc5ccc6sc7cc8ccccc8c8sc(c3)c4c5c6c78)n2)c1. The minimum Gasteiger partial charge on any atom is -0.456 e. The zero-order chi connectivity index (χ0) is 31.2. The van der Waals surface area contributed by atoms with Gasteiger partial charge in [-0.1, -0.05) is 86.0 Å². The monoisotopic (exact) mass is 637 g/mol. The van der Waals surface area contributed by atoms with Crippen LogP contribution in [0, 0.1) is 0 Å². The lowest BCUT2D eigenvalue weighted by Crippen LogP contribution is -2.00. The lowest BCUT2D eigenvalue weighted by atomic mass is 10.0. The minimum absolute atomic E-state index is 0.587. The van der Waals surface area contributed by atoms with Crippen molar-refractivity contribution in [3.63, 3.8) is 0 Å². The van der Waals surface area contributed by atoms with Crippen LogP contribution in [0.25, 0.3) is 109 Å². The van der Waals surface area contributed by atoms with Crippen molar-refractivity contribution in [2.75, 3.05) is 0 Å². The van der Waals surface area contributed by atoms with Crippen LogP contribution in [0.3, 0.4) is 0 Å². The molecule has 0 unspecified atom stereocenters. The average molecular weight is 638 g/mol. The maximum absolute atomic E-state index is 6.63. The molecule has 6 aromatic carbocycles. The van der Waals surface area contributed by atoms with Crippen LogP contribution in [0.2, 0.25) is 0 Å². The van der Waals surface area contributed by atoms with Gasteiger partial charge in [-0.3, -0.25) is 0 Å². The topological polar surface area (TPSA) is 51.8 Å². The molecular formula is C41H23N3OS2. The van der Waals surface area contributed by atoms with Gasteiger partial charge in [0.1, 0.15) is 11.2 Å². The second kappa shape index (κ2) is 9.90. The Hall–Kier alpha value is -5.69. The van der Waals surface area contributed by atoms with E-state index in [9.17, 15) is 0 Å². The Kier molecular flexibility index (Phi) is 5.59. The van der Waals surface area contributed by atoms with Crippen LogP contribution in [-0.4, -0.2) is 15.0 Å². The Morgan fingerprint density at radius 3 is 1.91 bits per heavy atom. The molecule has 0 saturated carbocycles. The Balaban J connectivity index is 1.30. The summed E-state index contributed by atoms with van der Waals surface area (Å²) >= 11 is 3.67. The predicted octanol–water partition coefficient (Wildman–Crippen LogP) is 12.2. The summed E-state index contributed by atoms with van der Waals surface area (Å²) in [5, 5.41) is 7.44. The quantitative estimate of drug-likeness (QED) is 0.188. The second-order valence-corrected chi connectivity index (χ2v) is 13.9. The summed E-state index contributed by atoms with van der Waals surface area (Å²) < 4.78 is 11.6. The fraction of sp³-hybridized carbons (Fsp3) is 0. The molecule has 4 nitrogen and oxygen atoms in total. The van der Waals surface area contributed by atoms with E-state index in [1.807, 2.05) is 71.2 Å². The van der Waals surface area contributed by atoms with E-state index in [1.165, 1.54) is 41.0 Å². The molecule has 0 amide bonds. The molecule has 4 heterocycles. The van der Waals surface area contributed by atoms with Gasteiger partial charge >= 0.3 is 0 Å². The van der Waals surface area contributed by atoms with Crippen LogP contribution in [-0.2, 0) is 0 Å². The third kappa shape index (κ3) is 3.95. The smallest absolute Gasteiger partial charge is 0.164 e. The highest BCUT2D eigenvalue weighted by atomic mass is 32.1. The van der Waals surface area contributed by atoms with Crippen LogP contribution >= 0.6 is 22.7 Å². The summed E-state index contributed by atoms with van der Waals surface area (Å²) in [5.74, 6) is 1.78. The van der Waals surface area contributed by atoms with Crippen molar-refractivity contribution in [1.82, 2.24) is 15.0 Å². The van der Waals surface area contributed by atoms with E-state index >= 15 is 0 Å². The third-order valence-electron chi connectivity index (χ3n) is 8.97. The molecule has 0 N–H and O–H groups in total. The largest absolute Gasteiger partial charge is 0.456 e. The molecule has 0 fully saturated rings. The number of fused-ring (bicyclic) bond motifs is 2. The van der Waals surface area contributed by atoms with Crippen molar-refractivity contribution in [3.05, 3.63) is 127 Å². The van der Waals surface area contributed by atoms with Gasteiger partial charge in [-0.25, -0.2) is 15.0 Å². The van der Waals surface area contributed by atoms with E-state index in [1.54, 1.807) is 0 Å². The highest BCUT2D eigenvalue weighted by Crippen LogP contribution is 2.50. The van der Waals surface area contributed by atoms with Gasteiger partial charge in [0, 0.05) is 57.0 Å². The van der Waals surface area contributed by atoms with Crippen molar-refractivity contribution >= 4 is 97.1 Å². The zero-order valence-electron chi connectivity index (χ0n) is 25.0. The molecule has 4 aromatic heterocycles. The van der Waals surface area contributed by atoms with Gasteiger partial charge in [0.25, 0.3) is 0 Å². The number of benzene rings is 6. The lowest BCUT2D eigenvalue weighted by Gasteiger charge is -2.10. The van der Waals surface area contributed by atoms with Gasteiger partial charge in [-0.05, 0) is 64.4 Å². The summed E-state index contributed by atoms with van der Waals surface area (Å²) in [6.07, 6.45) is 3.67. The van der Waals surface area contributed by atoms with Gasteiger partial charge in [0.2, 0.25) is 0 Å². The number of nitrogens with zero attached hydrogens (tertiary/aromatic N) is 3. The molecular weight excluding hydrogens is 615 g/mol. The Bertz CT molecular complexity index is 2840. The van der Waals surface area contributed by atoms with Gasteiger partial charge in [0.15, 0.2) is 17.5 Å². The normalized spacial score (nSPS) is 12.0. The number of furan rings is 1. The first-order valence-electron chi connectivity index (χ1n) is 15.3. The molecule has 10 aromatic rings. The van der Waals surface area contributed by atoms with E-state index in [0.717, 1.165) is 49.1 Å². The molecule has 6 heteroatoms. The molecule has 0 bridgehead atoms. The van der Waals surface area contributed by atoms with Crippen LogP contribution in [0.15, 0.2) is 121 Å². The van der Waals surface area contributed by atoms with Crippen molar-refractivity contribution < 1.29 is 4.42 Å². The van der Waals surface area contributed by atoms with Crippen LogP contribution in [0.4, 0.5) is 0 Å². The maximum Gasteiger partial charge on any atom is 0.164 e. The van der Waals surface area contributed by atoms with Gasteiger partial charge in [-0.2, -0.15) is 0 Å². The van der Waals surface area contributed by atoms with E-state index < -0.39 is 0 Å². The van der Waals surface area contributed by atoms with Gasteiger partial charge < -0.3 is 4.42 Å². The summed E-state index contributed by atoms with van der Waals surface area (Å²) in [4.78, 5) is 15.1. The van der Waals surface area contributed by atoms with Crippen molar-refractivity contribution in [2.24, 2.45) is 0 Å². The number of thiophene rings is 1. The van der Waals surface area contributed by atoms with Gasteiger partial charge in [-0.15, -0.1) is 22.7 Å². The standard InChI is InChI=1S/C41H23N3OS2/c1-3-22-9-7-12-25(17-22)39-42-40(26-13-8-10-23(4-2)18-26)44-41(43-39)27-19-30-34-32(21-27)47-38-28-14-6-5-11-24(28)20-33-37(38)36-31(46-33)16-15-29(45-30)35(34)36/h3-21H,1-2H2. The first-order chi connectivity index (χ1) is 23.1. The Morgan fingerprint density at radius 2 is 1.19 bits per heavy atom. The number of hydrogen-bond donors (Lipinski definition) is 0. The number of hydrogen-bond acceptors (Lipinski definition) is 6. The molecule has 0 atom stereocenters. The predicted molar refractivity (Wildman–Crippen MR) is 201 cm³/mol. The average Bonchev–Trinajstić information content (AvgIpc) is 3.64. The molecule has 0 aliphatic rings. The minimum atomic E-state index is 0.587. The van der Waals surface area contributed by atoms with Crippen molar-refractivity contribution in [3.8, 4) is 34.2 Å². The van der Waals surface area contributed by atoms with Crippen molar-refractivity contribution in [1.29, 1.82) is 0 Å². The molecule has 0 aliphatic carbocycles. The highest BCUT2D eigenvalue weighted by Gasteiger charge is 2.23. The summed E-state index contributed by atoms with van der Waals surface area (Å²) in [5.41, 5.74) is 6.40. The Labute approximate surface area is 276 Å². The molecule has 0 saturated heterocycles. The fourth-order valence-corrected chi connectivity index (χ4v) is 9.35. The van der Waals surface area contributed by atoms with E-state index in [0.29, 0.717) is 17.5 Å². The van der Waals surface area contributed by atoms with Crippen LogP contribution < -0.4 is 0 Å².